The Morgan fingerprint density at radius 1 is 0.443 bits per heavy atom. The molecule has 0 atom stereocenters. The minimum atomic E-state index is -1.26. The third-order valence-corrected chi connectivity index (χ3v) is 10.9. The molecular weight excluding hydrogens is 765 g/mol. The summed E-state index contributed by atoms with van der Waals surface area (Å²) < 4.78 is 26.6. The second kappa shape index (κ2) is 18.6. The van der Waals surface area contributed by atoms with E-state index in [1.54, 1.807) is 0 Å². The van der Waals surface area contributed by atoms with E-state index in [-0.39, 0.29) is 49.1 Å². The van der Waals surface area contributed by atoms with Gasteiger partial charge in [-0.1, -0.05) is 158 Å². The highest BCUT2D eigenvalue weighted by atomic mass is 16.5. The van der Waals surface area contributed by atoms with Crippen molar-refractivity contribution < 1.29 is 38.7 Å². The van der Waals surface area contributed by atoms with Crippen LogP contribution in [0.25, 0.3) is 0 Å². The van der Waals surface area contributed by atoms with Crippen molar-refractivity contribution >= 4 is 11.9 Å². The van der Waals surface area contributed by atoms with Crippen LogP contribution in [0.4, 0.5) is 0 Å². The van der Waals surface area contributed by atoms with E-state index in [1.165, 1.54) is 0 Å². The molecule has 0 aliphatic carbocycles. The van der Waals surface area contributed by atoms with Crippen molar-refractivity contribution in [2.75, 3.05) is 13.2 Å². The predicted octanol–water partition coefficient (Wildman–Crippen LogP) is 12.5. The van der Waals surface area contributed by atoms with Gasteiger partial charge < -0.3 is 29.2 Å². The summed E-state index contributed by atoms with van der Waals surface area (Å²) in [6.45, 7) is 32.2. The zero-order valence-corrected chi connectivity index (χ0v) is 39.9. The lowest BCUT2D eigenvalue weighted by Crippen LogP contribution is -2.32. The summed E-state index contributed by atoms with van der Waals surface area (Å²) in [5.74, 6) is 0.0974. The van der Waals surface area contributed by atoms with Gasteiger partial charge in [0.1, 0.15) is 34.5 Å². The molecule has 4 aromatic rings. The highest BCUT2D eigenvalue weighted by Gasteiger charge is 2.48. The Kier molecular flexibility index (Phi) is 14.8. The summed E-state index contributed by atoms with van der Waals surface area (Å²) in [4.78, 5) is 28.5. The zero-order valence-electron chi connectivity index (χ0n) is 39.9. The van der Waals surface area contributed by atoms with Gasteiger partial charge in [-0.2, -0.15) is 0 Å². The molecule has 0 heterocycles. The van der Waals surface area contributed by atoms with Gasteiger partial charge in [-0.15, -0.1) is 0 Å². The largest absolute Gasteiger partial charge is 0.507 e. The first-order valence-electron chi connectivity index (χ1n) is 21.8. The minimum absolute atomic E-state index is 0.0112. The van der Waals surface area contributed by atoms with Gasteiger partial charge in [0.05, 0.1) is 13.2 Å². The Morgan fingerprint density at radius 3 is 0.984 bits per heavy atom. The van der Waals surface area contributed by atoms with Crippen LogP contribution in [0.15, 0.2) is 60.7 Å². The van der Waals surface area contributed by atoms with Crippen molar-refractivity contribution in [1.82, 2.24) is 0 Å². The Hall–Kier alpha value is -4.98. The molecule has 2 N–H and O–H groups in total. The fraction of sp³-hybridized carbons (Fsp3) is 0.509. The molecular formula is C53H72O8. The number of aryl methyl sites for hydroxylation is 2. The monoisotopic (exact) mass is 837 g/mol. The molecule has 0 aromatic heterocycles. The summed E-state index contributed by atoms with van der Waals surface area (Å²) in [6, 6.07) is 19.5. The van der Waals surface area contributed by atoms with E-state index in [0.29, 0.717) is 57.7 Å². The summed E-state index contributed by atoms with van der Waals surface area (Å²) >= 11 is 0. The van der Waals surface area contributed by atoms with E-state index in [2.05, 4.69) is 0 Å². The number of rotatable bonds is 14. The molecule has 332 valence electrons. The van der Waals surface area contributed by atoms with Crippen LogP contribution in [0.5, 0.6) is 34.5 Å². The Morgan fingerprint density at radius 2 is 0.721 bits per heavy atom. The number of phenols is 2. The zero-order chi connectivity index (χ0) is 45.9. The van der Waals surface area contributed by atoms with Crippen molar-refractivity contribution in [3.63, 3.8) is 0 Å². The van der Waals surface area contributed by atoms with Gasteiger partial charge in [0.2, 0.25) is 0 Å². The van der Waals surface area contributed by atoms with Gasteiger partial charge in [0.15, 0.2) is 0 Å². The third kappa shape index (κ3) is 10.9. The van der Waals surface area contributed by atoms with E-state index in [0.717, 1.165) is 11.1 Å². The van der Waals surface area contributed by atoms with Crippen LogP contribution in [0.3, 0.4) is 0 Å². The van der Waals surface area contributed by atoms with Gasteiger partial charge in [0.25, 0.3) is 0 Å². The van der Waals surface area contributed by atoms with E-state index < -0.39 is 39.0 Å². The Balaban J connectivity index is 2.26. The first-order chi connectivity index (χ1) is 28.2. The number of aromatic hydroxyl groups is 2. The molecule has 8 heteroatoms. The van der Waals surface area contributed by atoms with Crippen LogP contribution in [0, 0.1) is 0 Å². The van der Waals surface area contributed by atoms with E-state index >= 15 is 0 Å². The van der Waals surface area contributed by atoms with Crippen molar-refractivity contribution in [1.29, 1.82) is 0 Å². The predicted molar refractivity (Wildman–Crippen MR) is 246 cm³/mol. The van der Waals surface area contributed by atoms with Gasteiger partial charge in [-0.25, -0.2) is 0 Å². The lowest BCUT2D eigenvalue weighted by atomic mass is 9.67. The number of esters is 2. The molecule has 0 bridgehead atoms. The molecule has 0 aliphatic rings. The number of carbonyl (C=O) groups is 2. The molecule has 0 amide bonds. The summed E-state index contributed by atoms with van der Waals surface area (Å²) in [7, 11) is 0. The van der Waals surface area contributed by atoms with E-state index in [4.69, 9.17) is 18.9 Å². The van der Waals surface area contributed by atoms with Crippen LogP contribution < -0.4 is 18.9 Å². The molecule has 0 aliphatic heterocycles. The molecule has 4 aromatic carbocycles. The van der Waals surface area contributed by atoms with Crippen LogP contribution >= 0.6 is 0 Å². The molecule has 0 radical (unpaired) electrons. The van der Waals surface area contributed by atoms with Gasteiger partial charge in [-0.05, 0) is 59.5 Å². The number of hydrogen-bond donors (Lipinski definition) is 2. The maximum atomic E-state index is 14.3. The molecule has 0 spiro atoms. The highest BCUT2D eigenvalue weighted by molar-refractivity contribution is 5.81. The average molecular weight is 837 g/mol. The lowest BCUT2D eigenvalue weighted by molar-refractivity contribution is -0.135. The van der Waals surface area contributed by atoms with Crippen molar-refractivity contribution in [3.8, 4) is 34.5 Å². The summed E-state index contributed by atoms with van der Waals surface area (Å²) in [6.07, 6.45) is 1.06. The fourth-order valence-electron chi connectivity index (χ4n) is 8.32. The number of benzene rings is 4. The SMILES string of the molecule is CCOc1c(C(C)(C)C)c(O)c(C(C)(C)C)c(OC(=O)CCc2ccccc2)c1C(C)(C)c1c(OCC)c(C(C)(C)C)c(O)c(C(C)(C)C)c1OC(=O)CCc1ccccc1. The highest BCUT2D eigenvalue weighted by Crippen LogP contribution is 2.61. The third-order valence-electron chi connectivity index (χ3n) is 10.9. The topological polar surface area (TPSA) is 112 Å². The van der Waals surface area contributed by atoms with Crippen LogP contribution in [-0.4, -0.2) is 35.4 Å². The summed E-state index contributed by atoms with van der Waals surface area (Å²) in [5, 5.41) is 25.1. The molecule has 0 saturated carbocycles. The van der Waals surface area contributed by atoms with Crippen molar-refractivity contribution in [2.45, 2.75) is 164 Å². The Labute approximate surface area is 366 Å². The quantitative estimate of drug-likeness (QED) is 0.0954. The molecule has 0 unspecified atom stereocenters. The molecule has 61 heavy (non-hydrogen) atoms. The van der Waals surface area contributed by atoms with Crippen LogP contribution in [0.2, 0.25) is 0 Å². The summed E-state index contributed by atoms with van der Waals surface area (Å²) in [5.41, 5.74) is 0.888. The first kappa shape index (κ1) is 48.7. The lowest BCUT2D eigenvalue weighted by Gasteiger charge is -2.40. The standard InChI is InChI=1S/C53H72O8/c1-17-58-45-37(49(3,4)5)43(56)39(51(9,10)11)47(60-35(54)31-29-33-25-21-19-22-26-33)41(45)53(15,16)42-46(59-18-2)38(50(6,7)8)44(57)40(52(12,13)14)48(42)61-36(55)32-30-34-27-23-20-24-28-34/h19-28,56-57H,17-18,29-32H2,1-16H3. The van der Waals surface area contributed by atoms with Crippen LogP contribution in [-0.2, 0) is 49.5 Å². The maximum Gasteiger partial charge on any atom is 0.311 e. The van der Waals surface area contributed by atoms with Crippen LogP contribution in [0.1, 0.15) is 168 Å². The van der Waals surface area contributed by atoms with E-state index in [9.17, 15) is 19.8 Å². The second-order valence-electron chi connectivity index (χ2n) is 20.7. The molecule has 4 rings (SSSR count). The Bertz CT molecular complexity index is 2020. The van der Waals surface area contributed by atoms with Crippen molar-refractivity contribution in [3.05, 3.63) is 105 Å². The maximum absolute atomic E-state index is 14.3. The molecule has 0 saturated heterocycles. The minimum Gasteiger partial charge on any atom is -0.507 e. The normalized spacial score (nSPS) is 12.6. The first-order valence-corrected chi connectivity index (χ1v) is 21.8. The number of phenolic OH excluding ortho intramolecular Hbond substituents is 2. The van der Waals surface area contributed by atoms with Gasteiger partial charge >= 0.3 is 11.9 Å². The molecule has 8 nitrogen and oxygen atoms in total. The van der Waals surface area contributed by atoms with Crippen molar-refractivity contribution in [2.24, 2.45) is 0 Å². The van der Waals surface area contributed by atoms with Gasteiger partial charge in [0, 0.05) is 51.6 Å². The number of carbonyl (C=O) groups excluding carboxylic acids is 2. The smallest absolute Gasteiger partial charge is 0.311 e. The van der Waals surface area contributed by atoms with Gasteiger partial charge in [-0.3, -0.25) is 9.59 Å². The number of hydrogen-bond acceptors (Lipinski definition) is 8. The molecule has 0 fully saturated rings. The average Bonchev–Trinajstić information content (AvgIpc) is 3.11. The fourth-order valence-corrected chi connectivity index (χ4v) is 8.32. The second-order valence-corrected chi connectivity index (χ2v) is 20.7. The number of ether oxygens (including phenoxy) is 4. The van der Waals surface area contributed by atoms with E-state index in [1.807, 2.05) is 171 Å².